The van der Waals surface area contributed by atoms with Crippen molar-refractivity contribution in [3.8, 4) is 0 Å². The second kappa shape index (κ2) is 4.54. The predicted molar refractivity (Wildman–Crippen MR) is 72.7 cm³/mol. The van der Waals surface area contributed by atoms with Gasteiger partial charge >= 0.3 is 0 Å². The van der Waals surface area contributed by atoms with Gasteiger partial charge in [0.05, 0.1) is 5.60 Å². The lowest BCUT2D eigenvalue weighted by molar-refractivity contribution is -0.0613. The molecule has 2 atom stereocenters. The van der Waals surface area contributed by atoms with Gasteiger partial charge in [0.2, 0.25) is 0 Å². The van der Waals surface area contributed by atoms with Crippen molar-refractivity contribution in [2.75, 3.05) is 18.0 Å². The largest absolute Gasteiger partial charge is 0.389 e. The minimum Gasteiger partial charge on any atom is -0.389 e. The Morgan fingerprint density at radius 2 is 2.22 bits per heavy atom. The van der Waals surface area contributed by atoms with Crippen molar-refractivity contribution in [2.24, 2.45) is 5.92 Å². The number of hydrogen-bond donors (Lipinski definition) is 1. The first-order valence-electron chi connectivity index (χ1n) is 7.07. The number of anilines is 1. The number of hydrogen-bond acceptors (Lipinski definition) is 3. The predicted octanol–water partition coefficient (Wildman–Crippen LogP) is 2.52. The van der Waals surface area contributed by atoms with Gasteiger partial charge in [0.25, 0.3) is 0 Å². The molecule has 0 aromatic carbocycles. The van der Waals surface area contributed by atoms with Crippen molar-refractivity contribution in [2.45, 2.75) is 44.6 Å². The smallest absolute Gasteiger partial charge is 0.128 e. The van der Waals surface area contributed by atoms with Crippen LogP contribution in [0.15, 0.2) is 18.3 Å². The molecule has 1 aliphatic heterocycles. The van der Waals surface area contributed by atoms with Crippen molar-refractivity contribution in [1.82, 2.24) is 4.98 Å². The molecule has 3 rings (SSSR count). The van der Waals surface area contributed by atoms with Crippen molar-refractivity contribution in [1.29, 1.82) is 0 Å². The number of nitrogens with zero attached hydrogens (tertiary/aromatic N) is 2. The third-order valence-electron chi connectivity index (χ3n) is 4.65. The van der Waals surface area contributed by atoms with E-state index in [9.17, 15) is 5.11 Å². The van der Waals surface area contributed by atoms with Gasteiger partial charge in [0.15, 0.2) is 0 Å². The van der Waals surface area contributed by atoms with Crippen molar-refractivity contribution >= 4 is 5.82 Å². The molecule has 3 nitrogen and oxygen atoms in total. The normalized spacial score (nSPS) is 32.1. The summed E-state index contributed by atoms with van der Waals surface area (Å²) in [7, 11) is 0. The molecule has 18 heavy (non-hydrogen) atoms. The van der Waals surface area contributed by atoms with Crippen LogP contribution in [0.2, 0.25) is 0 Å². The van der Waals surface area contributed by atoms with E-state index in [2.05, 4.69) is 28.9 Å². The van der Waals surface area contributed by atoms with Crippen LogP contribution < -0.4 is 4.90 Å². The first-order chi connectivity index (χ1) is 8.67. The third kappa shape index (κ3) is 2.12. The van der Waals surface area contributed by atoms with E-state index >= 15 is 0 Å². The molecule has 2 fully saturated rings. The lowest BCUT2D eigenvalue weighted by Crippen LogP contribution is -2.53. The summed E-state index contributed by atoms with van der Waals surface area (Å²) < 4.78 is 0. The molecule has 3 heteroatoms. The summed E-state index contributed by atoms with van der Waals surface area (Å²) in [5, 5.41) is 10.7. The number of piperidine rings is 1. The summed E-state index contributed by atoms with van der Waals surface area (Å²) in [6.07, 6.45) is 7.44. The van der Waals surface area contributed by atoms with E-state index < -0.39 is 0 Å². The van der Waals surface area contributed by atoms with Crippen LogP contribution in [0.4, 0.5) is 5.82 Å². The molecule has 1 N–H and O–H groups in total. The zero-order valence-electron chi connectivity index (χ0n) is 11.1. The maximum absolute atomic E-state index is 10.7. The quantitative estimate of drug-likeness (QED) is 0.827. The minimum absolute atomic E-state index is 0.389. The molecular weight excluding hydrogens is 224 g/mol. The van der Waals surface area contributed by atoms with Crippen LogP contribution >= 0.6 is 0 Å². The van der Waals surface area contributed by atoms with Crippen molar-refractivity contribution in [3.63, 3.8) is 0 Å². The maximum atomic E-state index is 10.7. The van der Waals surface area contributed by atoms with E-state index in [1.54, 1.807) is 0 Å². The van der Waals surface area contributed by atoms with E-state index in [1.165, 1.54) is 24.8 Å². The Kier molecular flexibility index (Phi) is 3.02. The summed E-state index contributed by atoms with van der Waals surface area (Å²) in [5.74, 6) is 1.50. The Labute approximate surface area is 109 Å². The number of rotatable bonds is 1. The molecule has 0 amide bonds. The SMILES string of the molecule is Cc1ccc(N2CCC3(O)CCCCC3C2)nc1. The topological polar surface area (TPSA) is 36.4 Å². The fraction of sp³-hybridized carbons (Fsp3) is 0.667. The first-order valence-corrected chi connectivity index (χ1v) is 7.07. The van der Waals surface area contributed by atoms with Crippen LogP contribution in [0, 0.1) is 12.8 Å². The molecule has 1 aliphatic carbocycles. The minimum atomic E-state index is -0.389. The van der Waals surface area contributed by atoms with Crippen LogP contribution in [0.3, 0.4) is 0 Å². The summed E-state index contributed by atoms with van der Waals surface area (Å²) >= 11 is 0. The molecule has 1 saturated heterocycles. The summed E-state index contributed by atoms with van der Waals surface area (Å²) in [4.78, 5) is 6.84. The molecule has 0 spiro atoms. The number of fused-ring (bicyclic) bond motifs is 1. The number of aryl methyl sites for hydroxylation is 1. The zero-order valence-corrected chi connectivity index (χ0v) is 11.1. The van der Waals surface area contributed by atoms with E-state index in [-0.39, 0.29) is 5.60 Å². The van der Waals surface area contributed by atoms with Gasteiger partial charge in [-0.1, -0.05) is 18.9 Å². The highest BCUT2D eigenvalue weighted by molar-refractivity contribution is 5.40. The molecule has 2 heterocycles. The Morgan fingerprint density at radius 3 is 3.00 bits per heavy atom. The Hall–Kier alpha value is -1.09. The summed E-state index contributed by atoms with van der Waals surface area (Å²) in [6, 6.07) is 4.21. The molecule has 1 aromatic heterocycles. The van der Waals surface area contributed by atoms with E-state index in [0.29, 0.717) is 5.92 Å². The van der Waals surface area contributed by atoms with Crippen LogP contribution in [0.5, 0.6) is 0 Å². The van der Waals surface area contributed by atoms with E-state index in [0.717, 1.165) is 31.7 Å². The average molecular weight is 246 g/mol. The highest BCUT2D eigenvalue weighted by Gasteiger charge is 2.42. The van der Waals surface area contributed by atoms with Crippen molar-refractivity contribution in [3.05, 3.63) is 23.9 Å². The lowest BCUT2D eigenvalue weighted by Gasteiger charge is -2.47. The molecule has 0 radical (unpaired) electrons. The third-order valence-corrected chi connectivity index (χ3v) is 4.65. The lowest BCUT2D eigenvalue weighted by atomic mass is 9.71. The molecular formula is C15H22N2O. The zero-order chi connectivity index (χ0) is 12.6. The summed E-state index contributed by atoms with van der Waals surface area (Å²) in [6.45, 7) is 3.96. The highest BCUT2D eigenvalue weighted by Crippen LogP contribution is 2.40. The molecule has 2 aliphatic rings. The van der Waals surface area contributed by atoms with Gasteiger partial charge in [0, 0.05) is 25.2 Å². The van der Waals surface area contributed by atoms with Gasteiger partial charge in [0.1, 0.15) is 5.82 Å². The van der Waals surface area contributed by atoms with Gasteiger partial charge in [-0.15, -0.1) is 0 Å². The molecule has 1 aromatic rings. The molecule has 0 bridgehead atoms. The number of pyridine rings is 1. The fourth-order valence-corrected chi connectivity index (χ4v) is 3.43. The fourth-order valence-electron chi connectivity index (χ4n) is 3.43. The van der Waals surface area contributed by atoms with Gasteiger partial charge in [-0.3, -0.25) is 0 Å². The van der Waals surface area contributed by atoms with E-state index in [1.807, 2.05) is 6.20 Å². The molecule has 2 unspecified atom stereocenters. The Morgan fingerprint density at radius 1 is 1.33 bits per heavy atom. The average Bonchev–Trinajstić information content (AvgIpc) is 2.39. The van der Waals surface area contributed by atoms with Crippen molar-refractivity contribution < 1.29 is 5.11 Å². The monoisotopic (exact) mass is 246 g/mol. The van der Waals surface area contributed by atoms with E-state index in [4.69, 9.17) is 0 Å². The first kappa shape index (κ1) is 12.0. The van der Waals surface area contributed by atoms with Gasteiger partial charge in [-0.05, 0) is 37.8 Å². The van der Waals surface area contributed by atoms with Crippen LogP contribution in [-0.4, -0.2) is 28.8 Å². The summed E-state index contributed by atoms with van der Waals surface area (Å²) in [5.41, 5.74) is 0.810. The molecule has 98 valence electrons. The Bertz CT molecular complexity index is 417. The second-order valence-electron chi connectivity index (χ2n) is 5.94. The van der Waals surface area contributed by atoms with Gasteiger partial charge in [-0.2, -0.15) is 0 Å². The van der Waals surface area contributed by atoms with Gasteiger partial charge < -0.3 is 10.0 Å². The number of aliphatic hydroxyl groups is 1. The Balaban J connectivity index is 1.75. The maximum Gasteiger partial charge on any atom is 0.128 e. The molecule has 1 saturated carbocycles. The highest BCUT2D eigenvalue weighted by atomic mass is 16.3. The van der Waals surface area contributed by atoms with Gasteiger partial charge in [-0.25, -0.2) is 4.98 Å². The number of aromatic nitrogens is 1. The second-order valence-corrected chi connectivity index (χ2v) is 5.94. The van der Waals surface area contributed by atoms with Crippen LogP contribution in [0.1, 0.15) is 37.7 Å². The standard InChI is InChI=1S/C15H22N2O/c1-12-5-6-14(16-10-12)17-9-8-15(18)7-3-2-4-13(15)11-17/h5-6,10,13,18H,2-4,7-9,11H2,1H3. The van der Waals surface area contributed by atoms with Crippen LogP contribution in [0.25, 0.3) is 0 Å². The van der Waals surface area contributed by atoms with Crippen LogP contribution in [-0.2, 0) is 0 Å².